The molecule has 1 amide bonds. The molecule has 110 valence electrons. The molecule has 0 spiro atoms. The van der Waals surface area contributed by atoms with Crippen LogP contribution in [0.5, 0.6) is 0 Å². The minimum absolute atomic E-state index is 0.179. The molecule has 2 heterocycles. The highest BCUT2D eigenvalue weighted by Gasteiger charge is 2.10. The first kappa shape index (κ1) is 14.8. The highest BCUT2D eigenvalue weighted by molar-refractivity contribution is 6.01. The fourth-order valence-electron chi connectivity index (χ4n) is 1.58. The molecule has 0 saturated heterocycles. The summed E-state index contributed by atoms with van der Waals surface area (Å²) in [6, 6.07) is 3.47. The molecule has 0 aromatic carbocycles. The number of hydrogen-bond donors (Lipinski definition) is 2. The normalized spacial score (nSPS) is 10.2. The Morgan fingerprint density at radius 3 is 2.62 bits per heavy atom. The first-order chi connectivity index (χ1) is 10.1. The predicted molar refractivity (Wildman–Crippen MR) is 80.3 cm³/mol. The molecule has 0 aliphatic carbocycles. The van der Waals surface area contributed by atoms with E-state index in [0.29, 0.717) is 5.69 Å². The molecular weight excluding hydrogens is 268 g/mol. The Hall–Kier alpha value is -2.57. The van der Waals surface area contributed by atoms with Crippen molar-refractivity contribution < 1.29 is 4.79 Å². The number of anilines is 2. The summed E-state index contributed by atoms with van der Waals surface area (Å²) < 4.78 is 0. The van der Waals surface area contributed by atoms with Crippen LogP contribution in [-0.2, 0) is 0 Å². The third-order valence-corrected chi connectivity index (χ3v) is 2.89. The van der Waals surface area contributed by atoms with Crippen LogP contribution in [0.15, 0.2) is 18.3 Å². The van der Waals surface area contributed by atoms with Gasteiger partial charge in [-0.3, -0.25) is 10.1 Å². The van der Waals surface area contributed by atoms with Crippen molar-refractivity contribution in [1.29, 1.82) is 0 Å². The number of nitrogens with zero attached hydrogens (tertiary/aromatic N) is 4. The highest BCUT2D eigenvalue weighted by atomic mass is 16.2. The molecule has 7 heteroatoms. The molecule has 0 atom stereocenters. The Morgan fingerprint density at radius 1 is 1.19 bits per heavy atom. The van der Waals surface area contributed by atoms with Gasteiger partial charge in [-0.05, 0) is 32.4 Å². The number of hydrogen-bond acceptors (Lipinski definition) is 6. The first-order valence-electron chi connectivity index (χ1n) is 6.79. The lowest BCUT2D eigenvalue weighted by atomic mass is 10.3. The van der Waals surface area contributed by atoms with Crippen molar-refractivity contribution >= 4 is 17.5 Å². The second-order valence-corrected chi connectivity index (χ2v) is 4.62. The number of aryl methyl sites for hydroxylation is 2. The van der Waals surface area contributed by atoms with Gasteiger partial charge in [-0.15, -0.1) is 5.10 Å². The fraction of sp³-hybridized carbons (Fsp3) is 0.357. The largest absolute Gasteiger partial charge is 0.384 e. The van der Waals surface area contributed by atoms with Crippen LogP contribution in [0.4, 0.5) is 11.6 Å². The van der Waals surface area contributed by atoms with Crippen molar-refractivity contribution in [3.05, 3.63) is 35.4 Å². The lowest BCUT2D eigenvalue weighted by Gasteiger charge is -2.06. The number of rotatable bonds is 5. The van der Waals surface area contributed by atoms with Gasteiger partial charge >= 0.3 is 0 Å². The number of aromatic nitrogens is 4. The third kappa shape index (κ3) is 3.95. The van der Waals surface area contributed by atoms with Gasteiger partial charge in [0.2, 0.25) is 5.95 Å². The number of carbonyl (C=O) groups is 1. The fourth-order valence-corrected chi connectivity index (χ4v) is 1.58. The van der Waals surface area contributed by atoms with Crippen LogP contribution in [0, 0.1) is 13.8 Å². The second kappa shape index (κ2) is 6.74. The van der Waals surface area contributed by atoms with Gasteiger partial charge in [-0.25, -0.2) is 9.97 Å². The molecule has 21 heavy (non-hydrogen) atoms. The number of nitrogens with one attached hydrogen (secondary N) is 2. The minimum atomic E-state index is -0.359. The number of carbonyl (C=O) groups excluding carboxylic acids is 1. The van der Waals surface area contributed by atoms with Crippen molar-refractivity contribution in [2.75, 3.05) is 17.2 Å². The Labute approximate surface area is 123 Å². The quantitative estimate of drug-likeness (QED) is 0.872. The molecule has 0 aliphatic heterocycles. The number of pyridine rings is 1. The van der Waals surface area contributed by atoms with Crippen LogP contribution < -0.4 is 10.6 Å². The molecule has 0 bridgehead atoms. The van der Waals surface area contributed by atoms with Gasteiger partial charge in [0.15, 0.2) is 0 Å². The monoisotopic (exact) mass is 286 g/mol. The van der Waals surface area contributed by atoms with Crippen molar-refractivity contribution in [3.8, 4) is 0 Å². The van der Waals surface area contributed by atoms with Gasteiger partial charge in [0.1, 0.15) is 5.69 Å². The summed E-state index contributed by atoms with van der Waals surface area (Å²) in [6.07, 6.45) is 2.66. The van der Waals surface area contributed by atoms with E-state index in [-0.39, 0.29) is 11.9 Å². The molecular formula is C14H18N6O. The van der Waals surface area contributed by atoms with Crippen molar-refractivity contribution in [3.63, 3.8) is 0 Å². The number of amides is 1. The second-order valence-electron chi connectivity index (χ2n) is 4.62. The van der Waals surface area contributed by atoms with Crippen LogP contribution in [0.25, 0.3) is 0 Å². The Kier molecular flexibility index (Phi) is 4.76. The zero-order chi connectivity index (χ0) is 15.2. The molecule has 0 saturated carbocycles. The zero-order valence-corrected chi connectivity index (χ0v) is 12.3. The van der Waals surface area contributed by atoms with Gasteiger partial charge in [0.05, 0.1) is 23.3 Å². The third-order valence-electron chi connectivity index (χ3n) is 2.89. The molecule has 2 N–H and O–H groups in total. The van der Waals surface area contributed by atoms with Gasteiger partial charge in [0, 0.05) is 6.54 Å². The van der Waals surface area contributed by atoms with E-state index in [1.807, 2.05) is 19.9 Å². The molecule has 7 nitrogen and oxygen atoms in total. The van der Waals surface area contributed by atoms with Crippen LogP contribution >= 0.6 is 0 Å². The maximum atomic E-state index is 12.0. The zero-order valence-electron chi connectivity index (χ0n) is 12.3. The molecule has 2 aromatic rings. The lowest BCUT2D eigenvalue weighted by molar-refractivity contribution is 0.102. The molecule has 0 aliphatic rings. The SMILES string of the molecule is CCCNc1ccc(C(=O)Nc2nnc(C)c(C)n2)nc1. The van der Waals surface area contributed by atoms with E-state index in [4.69, 9.17) is 0 Å². The summed E-state index contributed by atoms with van der Waals surface area (Å²) in [4.78, 5) is 20.3. The van der Waals surface area contributed by atoms with E-state index in [1.165, 1.54) is 0 Å². The molecule has 2 rings (SSSR count). The van der Waals surface area contributed by atoms with Crippen molar-refractivity contribution in [2.24, 2.45) is 0 Å². The average Bonchev–Trinajstić information content (AvgIpc) is 2.49. The average molecular weight is 286 g/mol. The molecule has 0 unspecified atom stereocenters. The maximum Gasteiger partial charge on any atom is 0.276 e. The highest BCUT2D eigenvalue weighted by Crippen LogP contribution is 2.08. The van der Waals surface area contributed by atoms with Crippen molar-refractivity contribution in [2.45, 2.75) is 27.2 Å². The van der Waals surface area contributed by atoms with E-state index < -0.39 is 0 Å². The molecule has 0 fully saturated rings. The van der Waals surface area contributed by atoms with E-state index in [9.17, 15) is 4.79 Å². The molecule has 0 radical (unpaired) electrons. The van der Waals surface area contributed by atoms with Crippen LogP contribution in [-0.4, -0.2) is 32.6 Å². The smallest absolute Gasteiger partial charge is 0.276 e. The summed E-state index contributed by atoms with van der Waals surface area (Å²) >= 11 is 0. The van der Waals surface area contributed by atoms with Crippen LogP contribution in [0.2, 0.25) is 0 Å². The van der Waals surface area contributed by atoms with E-state index >= 15 is 0 Å². The van der Waals surface area contributed by atoms with Gasteiger partial charge in [-0.2, -0.15) is 5.10 Å². The molecule has 2 aromatic heterocycles. The van der Waals surface area contributed by atoms with Crippen molar-refractivity contribution in [1.82, 2.24) is 20.2 Å². The predicted octanol–water partition coefficient (Wildman–Crippen LogP) is 1.96. The Bertz CT molecular complexity index is 626. The van der Waals surface area contributed by atoms with Gasteiger partial charge in [0.25, 0.3) is 5.91 Å². The van der Waals surface area contributed by atoms with Gasteiger partial charge in [-0.1, -0.05) is 6.92 Å². The Morgan fingerprint density at radius 2 is 2.00 bits per heavy atom. The van der Waals surface area contributed by atoms with E-state index in [1.54, 1.807) is 12.3 Å². The first-order valence-corrected chi connectivity index (χ1v) is 6.79. The topological polar surface area (TPSA) is 92.7 Å². The van der Waals surface area contributed by atoms with Gasteiger partial charge < -0.3 is 5.32 Å². The summed E-state index contributed by atoms with van der Waals surface area (Å²) in [5, 5.41) is 13.5. The summed E-state index contributed by atoms with van der Waals surface area (Å²) in [6.45, 7) is 6.58. The van der Waals surface area contributed by atoms with Crippen LogP contribution in [0.3, 0.4) is 0 Å². The van der Waals surface area contributed by atoms with E-state index in [0.717, 1.165) is 30.0 Å². The standard InChI is InChI=1S/C14H18N6O/c1-4-7-15-11-5-6-12(16-8-11)13(21)18-14-17-9(2)10(3)19-20-14/h5-6,8,15H,4,7H2,1-3H3,(H,17,18,20,21). The summed E-state index contributed by atoms with van der Waals surface area (Å²) in [5.74, 6) is -0.180. The lowest BCUT2D eigenvalue weighted by Crippen LogP contribution is -2.17. The van der Waals surface area contributed by atoms with Crippen LogP contribution in [0.1, 0.15) is 35.2 Å². The maximum absolute atomic E-state index is 12.0. The summed E-state index contributed by atoms with van der Waals surface area (Å²) in [7, 11) is 0. The summed E-state index contributed by atoms with van der Waals surface area (Å²) in [5.41, 5.74) is 2.65. The van der Waals surface area contributed by atoms with E-state index in [2.05, 4.69) is 37.7 Å². The Balaban J connectivity index is 2.04. The minimum Gasteiger partial charge on any atom is -0.384 e.